The minimum Gasteiger partial charge on any atom is -0.369 e. The number of rotatable bonds is 2. The first-order valence-corrected chi connectivity index (χ1v) is 7.56. The van der Waals surface area contributed by atoms with Crippen LogP contribution in [0.25, 0.3) is 0 Å². The number of nitrogens with two attached hydrogens (primary N) is 1. The van der Waals surface area contributed by atoms with Crippen molar-refractivity contribution in [2.45, 2.75) is 25.3 Å². The van der Waals surface area contributed by atoms with Crippen molar-refractivity contribution in [3.05, 3.63) is 34.3 Å². The number of carbonyl (C=O) groups excluding carboxylic acids is 2. The second-order valence-electron chi connectivity index (χ2n) is 5.68. The Labute approximate surface area is 128 Å². The molecule has 3 amide bonds. The molecule has 0 aromatic heterocycles. The van der Waals surface area contributed by atoms with Crippen LogP contribution in [0, 0.1) is 5.92 Å². The van der Waals surface area contributed by atoms with Gasteiger partial charge in [0.1, 0.15) is 0 Å². The molecule has 0 bridgehead atoms. The van der Waals surface area contributed by atoms with Crippen molar-refractivity contribution in [2.75, 3.05) is 13.1 Å². The molecule has 1 aliphatic carbocycles. The number of primary amides is 1. The minimum absolute atomic E-state index is 0.00109. The van der Waals surface area contributed by atoms with Crippen LogP contribution in [-0.4, -0.2) is 29.9 Å². The summed E-state index contributed by atoms with van der Waals surface area (Å²) >= 11 is 6.18. The number of urea groups is 1. The van der Waals surface area contributed by atoms with Gasteiger partial charge in [0.15, 0.2) is 0 Å². The van der Waals surface area contributed by atoms with E-state index in [1.54, 1.807) is 4.90 Å². The van der Waals surface area contributed by atoms with Crippen LogP contribution in [0.1, 0.15) is 30.0 Å². The lowest BCUT2D eigenvalue weighted by Gasteiger charge is -2.21. The van der Waals surface area contributed by atoms with Gasteiger partial charge in [-0.1, -0.05) is 23.7 Å². The third kappa shape index (κ3) is 2.70. The van der Waals surface area contributed by atoms with Gasteiger partial charge in [0.25, 0.3) is 0 Å². The van der Waals surface area contributed by atoms with Crippen LogP contribution in [0.3, 0.4) is 0 Å². The highest BCUT2D eigenvalue weighted by molar-refractivity contribution is 6.31. The number of likely N-dealkylation sites (tertiary alicyclic amines) is 1. The van der Waals surface area contributed by atoms with Crippen LogP contribution in [0.4, 0.5) is 4.79 Å². The predicted octanol–water partition coefficient (Wildman–Crippen LogP) is 1.84. The number of benzene rings is 1. The lowest BCUT2D eigenvalue weighted by Crippen LogP contribution is -2.40. The zero-order chi connectivity index (χ0) is 15.0. The number of carbonyl (C=O) groups is 2. The molecular weight excluding hydrogens is 290 g/mol. The van der Waals surface area contributed by atoms with Gasteiger partial charge >= 0.3 is 6.03 Å². The van der Waals surface area contributed by atoms with Crippen LogP contribution in [0.5, 0.6) is 0 Å². The zero-order valence-corrected chi connectivity index (χ0v) is 12.4. The van der Waals surface area contributed by atoms with Gasteiger partial charge in [-0.25, -0.2) is 4.79 Å². The third-order valence-corrected chi connectivity index (χ3v) is 4.74. The summed E-state index contributed by atoms with van der Waals surface area (Å²) in [6.07, 6.45) is 2.39. The SMILES string of the molecule is NC(=O)[C@H]1CCN(C(=O)N[C@H]2CCc3c(Cl)cccc32)C1. The molecule has 1 aromatic rings. The summed E-state index contributed by atoms with van der Waals surface area (Å²) in [4.78, 5) is 25.1. The van der Waals surface area contributed by atoms with Gasteiger partial charge in [-0.3, -0.25) is 4.79 Å². The Hall–Kier alpha value is -1.75. The van der Waals surface area contributed by atoms with E-state index in [1.165, 1.54) is 0 Å². The molecule has 3 rings (SSSR count). The highest BCUT2D eigenvalue weighted by Crippen LogP contribution is 2.35. The topological polar surface area (TPSA) is 75.4 Å². The maximum atomic E-state index is 12.3. The Kier molecular flexibility index (Phi) is 3.76. The quantitative estimate of drug-likeness (QED) is 0.875. The van der Waals surface area contributed by atoms with E-state index in [9.17, 15) is 9.59 Å². The largest absolute Gasteiger partial charge is 0.369 e. The Morgan fingerprint density at radius 2 is 2.14 bits per heavy atom. The van der Waals surface area contributed by atoms with Crippen molar-refractivity contribution in [2.24, 2.45) is 11.7 Å². The molecule has 0 radical (unpaired) electrons. The summed E-state index contributed by atoms with van der Waals surface area (Å²) in [5.41, 5.74) is 7.52. The monoisotopic (exact) mass is 307 g/mol. The van der Waals surface area contributed by atoms with Crippen molar-refractivity contribution in [3.63, 3.8) is 0 Å². The standard InChI is InChI=1S/C15H18ClN3O2/c16-12-3-1-2-11-10(12)4-5-13(11)18-15(21)19-7-6-9(8-19)14(17)20/h1-3,9,13H,4-8H2,(H2,17,20)(H,18,21)/t9-,13-/m0/s1. The van der Waals surface area contributed by atoms with Crippen molar-refractivity contribution in [3.8, 4) is 0 Å². The number of halogens is 1. The van der Waals surface area contributed by atoms with Gasteiger partial charge < -0.3 is 16.0 Å². The van der Waals surface area contributed by atoms with E-state index in [2.05, 4.69) is 5.32 Å². The highest BCUT2D eigenvalue weighted by Gasteiger charge is 2.32. The first-order chi connectivity index (χ1) is 10.1. The molecule has 6 heteroatoms. The molecule has 1 fully saturated rings. The molecule has 1 aliphatic heterocycles. The van der Waals surface area contributed by atoms with Gasteiger partial charge in [-0.2, -0.15) is 0 Å². The Bertz CT molecular complexity index is 590. The summed E-state index contributed by atoms with van der Waals surface area (Å²) in [5.74, 6) is -0.552. The molecule has 5 nitrogen and oxygen atoms in total. The smallest absolute Gasteiger partial charge is 0.317 e. The fourth-order valence-corrected chi connectivity index (χ4v) is 3.45. The molecule has 3 N–H and O–H groups in total. The van der Waals surface area contributed by atoms with Crippen LogP contribution in [0.2, 0.25) is 5.02 Å². The van der Waals surface area contributed by atoms with Crippen molar-refractivity contribution >= 4 is 23.5 Å². The molecule has 1 heterocycles. The fourth-order valence-electron chi connectivity index (χ4n) is 3.18. The van der Waals surface area contributed by atoms with Crippen molar-refractivity contribution in [1.82, 2.24) is 10.2 Å². The summed E-state index contributed by atoms with van der Waals surface area (Å²) < 4.78 is 0. The van der Waals surface area contributed by atoms with Crippen molar-refractivity contribution < 1.29 is 9.59 Å². The number of hydrogen-bond acceptors (Lipinski definition) is 2. The highest BCUT2D eigenvalue weighted by atomic mass is 35.5. The summed E-state index contributed by atoms with van der Waals surface area (Å²) in [6.45, 7) is 0.991. The maximum Gasteiger partial charge on any atom is 0.317 e. The number of hydrogen-bond donors (Lipinski definition) is 2. The molecule has 1 aromatic carbocycles. The van der Waals surface area contributed by atoms with Crippen LogP contribution in [0.15, 0.2) is 18.2 Å². The summed E-state index contributed by atoms with van der Waals surface area (Å²) in [5, 5.41) is 3.80. The maximum absolute atomic E-state index is 12.3. The first kappa shape index (κ1) is 14.2. The first-order valence-electron chi connectivity index (χ1n) is 7.18. The Morgan fingerprint density at radius 1 is 1.33 bits per heavy atom. The summed E-state index contributed by atoms with van der Waals surface area (Å²) in [6, 6.07) is 5.66. The molecule has 0 saturated carbocycles. The average molecular weight is 308 g/mol. The van der Waals surface area contributed by atoms with E-state index in [0.717, 1.165) is 29.0 Å². The van der Waals surface area contributed by atoms with E-state index < -0.39 is 0 Å². The van der Waals surface area contributed by atoms with E-state index in [0.29, 0.717) is 19.5 Å². The number of nitrogens with zero attached hydrogens (tertiary/aromatic N) is 1. The Balaban J connectivity index is 1.65. The third-order valence-electron chi connectivity index (χ3n) is 4.39. The van der Waals surface area contributed by atoms with Crippen LogP contribution in [-0.2, 0) is 11.2 Å². The summed E-state index contributed by atoms with van der Waals surface area (Å²) in [7, 11) is 0. The van der Waals surface area contributed by atoms with Crippen LogP contribution >= 0.6 is 11.6 Å². The van der Waals surface area contributed by atoms with E-state index in [1.807, 2.05) is 18.2 Å². The molecular formula is C15H18ClN3O2. The molecule has 0 unspecified atom stereocenters. The fraction of sp³-hybridized carbons (Fsp3) is 0.467. The zero-order valence-electron chi connectivity index (χ0n) is 11.6. The number of nitrogens with one attached hydrogen (secondary N) is 1. The number of fused-ring (bicyclic) bond motifs is 1. The Morgan fingerprint density at radius 3 is 2.86 bits per heavy atom. The second kappa shape index (κ2) is 5.56. The normalized spacial score (nSPS) is 24.0. The van der Waals surface area contributed by atoms with Gasteiger partial charge in [0.05, 0.1) is 12.0 Å². The van der Waals surface area contributed by atoms with Gasteiger partial charge in [0.2, 0.25) is 5.91 Å². The predicted molar refractivity (Wildman–Crippen MR) is 79.9 cm³/mol. The van der Waals surface area contributed by atoms with E-state index in [-0.39, 0.29) is 23.9 Å². The molecule has 2 aliphatic rings. The minimum atomic E-state index is -0.330. The molecule has 0 spiro atoms. The van der Waals surface area contributed by atoms with Crippen LogP contribution < -0.4 is 11.1 Å². The number of amides is 3. The van der Waals surface area contributed by atoms with Crippen molar-refractivity contribution in [1.29, 1.82) is 0 Å². The molecule has 1 saturated heterocycles. The lowest BCUT2D eigenvalue weighted by molar-refractivity contribution is -0.121. The van der Waals surface area contributed by atoms with Gasteiger partial charge in [-0.05, 0) is 36.5 Å². The van der Waals surface area contributed by atoms with Gasteiger partial charge in [-0.15, -0.1) is 0 Å². The molecule has 21 heavy (non-hydrogen) atoms. The lowest BCUT2D eigenvalue weighted by atomic mass is 10.1. The van der Waals surface area contributed by atoms with Gasteiger partial charge in [0, 0.05) is 18.1 Å². The molecule has 112 valence electrons. The average Bonchev–Trinajstić information content (AvgIpc) is 3.07. The second-order valence-corrected chi connectivity index (χ2v) is 6.09. The van der Waals surface area contributed by atoms with E-state index >= 15 is 0 Å². The van der Waals surface area contributed by atoms with E-state index in [4.69, 9.17) is 17.3 Å². The molecule has 2 atom stereocenters.